The van der Waals surface area contributed by atoms with Gasteiger partial charge in [0.1, 0.15) is 5.69 Å². The molecule has 1 aromatic carbocycles. The average Bonchev–Trinajstić information content (AvgIpc) is 3.28. The summed E-state index contributed by atoms with van der Waals surface area (Å²) < 4.78 is 16.7. The molecule has 8 heteroatoms. The monoisotopic (exact) mass is 389 g/mol. The third-order valence-corrected chi connectivity index (χ3v) is 5.40. The lowest BCUT2D eigenvalue weighted by Crippen LogP contribution is -2.48. The maximum absolute atomic E-state index is 12.4. The van der Waals surface area contributed by atoms with Gasteiger partial charge in [-0.3, -0.25) is 0 Å². The normalized spacial score (nSPS) is 18.8. The van der Waals surface area contributed by atoms with Crippen LogP contribution in [0.1, 0.15) is 30.3 Å². The molecule has 0 amide bonds. The maximum Gasteiger partial charge on any atom is 0.356 e. The lowest BCUT2D eigenvalue weighted by molar-refractivity contribution is -0.180. The van der Waals surface area contributed by atoms with Crippen LogP contribution in [-0.2, 0) is 14.2 Å². The van der Waals surface area contributed by atoms with Crippen molar-refractivity contribution in [3.05, 3.63) is 30.0 Å². The van der Waals surface area contributed by atoms with E-state index in [0.29, 0.717) is 36.3 Å². The van der Waals surface area contributed by atoms with Crippen molar-refractivity contribution in [2.24, 2.45) is 0 Å². The van der Waals surface area contributed by atoms with E-state index in [-0.39, 0.29) is 0 Å². The van der Waals surface area contributed by atoms with Crippen LogP contribution in [0, 0.1) is 0 Å². The van der Waals surface area contributed by atoms with E-state index in [4.69, 9.17) is 26.4 Å². The summed E-state index contributed by atoms with van der Waals surface area (Å²) in [6.45, 7) is 4.88. The van der Waals surface area contributed by atoms with E-state index in [1.807, 2.05) is 24.3 Å². The van der Waals surface area contributed by atoms with E-state index in [1.54, 1.807) is 6.92 Å². The van der Waals surface area contributed by atoms with Crippen LogP contribution in [0.4, 0.5) is 5.69 Å². The van der Waals surface area contributed by atoms with E-state index in [2.05, 4.69) is 15.2 Å². The zero-order valence-electron chi connectivity index (χ0n) is 15.2. The van der Waals surface area contributed by atoms with E-state index < -0.39 is 11.8 Å². The first-order valence-electron chi connectivity index (χ1n) is 9.23. The largest absolute Gasteiger partial charge is 0.461 e. The molecule has 3 heterocycles. The summed E-state index contributed by atoms with van der Waals surface area (Å²) in [5, 5.41) is 4.75. The van der Waals surface area contributed by atoms with Crippen molar-refractivity contribution in [1.82, 2.24) is 9.88 Å². The Morgan fingerprint density at radius 3 is 2.70 bits per heavy atom. The minimum Gasteiger partial charge on any atom is -0.461 e. The average molecular weight is 389 g/mol. The molecule has 0 bridgehead atoms. The third-order valence-electron chi connectivity index (χ3n) is 5.04. The molecule has 1 spiro atoms. The fourth-order valence-electron chi connectivity index (χ4n) is 3.65. The van der Waals surface area contributed by atoms with Crippen molar-refractivity contribution in [2.75, 3.05) is 38.2 Å². The lowest BCUT2D eigenvalue weighted by atomic mass is 10.0. The molecule has 2 aliphatic rings. The van der Waals surface area contributed by atoms with Crippen LogP contribution in [0.5, 0.6) is 0 Å². The Hall–Kier alpha value is -2.16. The van der Waals surface area contributed by atoms with Crippen LogP contribution in [0.15, 0.2) is 24.3 Å². The van der Waals surface area contributed by atoms with Gasteiger partial charge in [-0.1, -0.05) is 18.2 Å². The smallest absolute Gasteiger partial charge is 0.356 e. The van der Waals surface area contributed by atoms with Gasteiger partial charge in [0.05, 0.1) is 25.5 Å². The molecule has 1 aromatic heterocycles. The Kier molecular flexibility index (Phi) is 5.03. The lowest BCUT2D eigenvalue weighted by Gasteiger charge is -2.38. The number of thiocarbonyl (C=S) groups is 1. The fraction of sp³-hybridized carbons (Fsp3) is 0.474. The van der Waals surface area contributed by atoms with Crippen molar-refractivity contribution in [1.29, 1.82) is 0 Å². The standard InChI is InChI=1S/C19H23N3O4S/c1-2-24-17(23)16-15(13-5-3-4-6-14(13)20-16)21-18(27)22-9-7-19(8-10-22)25-11-12-26-19/h3-6,20H,2,7-12H2,1H3,(H,21,27). The first-order chi connectivity index (χ1) is 13.1. The number of ether oxygens (including phenoxy) is 3. The molecule has 7 nitrogen and oxygen atoms in total. The Bertz CT molecular complexity index is 850. The molecular weight excluding hydrogens is 366 g/mol. The molecule has 0 aliphatic carbocycles. The summed E-state index contributed by atoms with van der Waals surface area (Å²) in [4.78, 5) is 17.6. The molecule has 0 atom stereocenters. The highest BCUT2D eigenvalue weighted by Gasteiger charge is 2.40. The van der Waals surface area contributed by atoms with Crippen LogP contribution >= 0.6 is 12.2 Å². The zero-order valence-corrected chi connectivity index (χ0v) is 16.1. The van der Waals surface area contributed by atoms with Crippen molar-refractivity contribution < 1.29 is 19.0 Å². The number of piperidine rings is 1. The summed E-state index contributed by atoms with van der Waals surface area (Å²) in [5.41, 5.74) is 1.90. The number of likely N-dealkylation sites (tertiary alicyclic amines) is 1. The topological polar surface area (TPSA) is 75.8 Å². The molecule has 2 saturated heterocycles. The van der Waals surface area contributed by atoms with Crippen molar-refractivity contribution >= 4 is 39.9 Å². The van der Waals surface area contributed by atoms with E-state index in [0.717, 1.165) is 36.8 Å². The number of esters is 1. The summed E-state index contributed by atoms with van der Waals surface area (Å²) in [6.07, 6.45) is 1.54. The van der Waals surface area contributed by atoms with E-state index in [1.165, 1.54) is 0 Å². The van der Waals surface area contributed by atoms with Gasteiger partial charge in [0, 0.05) is 36.8 Å². The van der Waals surface area contributed by atoms with Crippen molar-refractivity contribution in [3.8, 4) is 0 Å². The number of H-pyrrole nitrogens is 1. The van der Waals surface area contributed by atoms with Crippen LogP contribution in [0.2, 0.25) is 0 Å². The molecule has 2 fully saturated rings. The van der Waals surface area contributed by atoms with Crippen LogP contribution in [0.25, 0.3) is 10.9 Å². The molecule has 4 rings (SSSR count). The van der Waals surface area contributed by atoms with Crippen LogP contribution in [-0.4, -0.2) is 59.7 Å². The number of carbonyl (C=O) groups is 1. The zero-order chi connectivity index (χ0) is 18.9. The number of nitrogens with zero attached hydrogens (tertiary/aromatic N) is 1. The fourth-order valence-corrected chi connectivity index (χ4v) is 3.93. The van der Waals surface area contributed by atoms with Gasteiger partial charge in [0.2, 0.25) is 0 Å². The first kappa shape index (κ1) is 18.2. The second-order valence-corrected chi connectivity index (χ2v) is 7.05. The molecule has 0 unspecified atom stereocenters. The highest BCUT2D eigenvalue weighted by atomic mass is 32.1. The van der Waals surface area contributed by atoms with Crippen molar-refractivity contribution in [2.45, 2.75) is 25.6 Å². The Balaban J connectivity index is 1.53. The molecule has 2 N–H and O–H groups in total. The molecular formula is C19H23N3O4S. The number of anilines is 1. The van der Waals surface area contributed by atoms with Crippen molar-refractivity contribution in [3.63, 3.8) is 0 Å². The highest BCUT2D eigenvalue weighted by Crippen LogP contribution is 2.32. The molecule has 144 valence electrons. The van der Waals surface area contributed by atoms with Gasteiger partial charge in [-0.05, 0) is 25.2 Å². The van der Waals surface area contributed by atoms with Gasteiger partial charge in [-0.2, -0.15) is 0 Å². The Morgan fingerprint density at radius 1 is 1.30 bits per heavy atom. The summed E-state index contributed by atoms with van der Waals surface area (Å²) >= 11 is 5.63. The maximum atomic E-state index is 12.4. The highest BCUT2D eigenvalue weighted by molar-refractivity contribution is 7.80. The summed E-state index contributed by atoms with van der Waals surface area (Å²) in [5.74, 6) is -0.840. The van der Waals surface area contributed by atoms with Crippen LogP contribution in [0.3, 0.4) is 0 Å². The minimum atomic E-state index is -0.441. The minimum absolute atomic E-state index is 0.312. The number of para-hydroxylation sites is 1. The third kappa shape index (κ3) is 3.52. The van der Waals surface area contributed by atoms with E-state index >= 15 is 0 Å². The first-order valence-corrected chi connectivity index (χ1v) is 9.64. The summed E-state index contributed by atoms with van der Waals surface area (Å²) in [6, 6.07) is 7.72. The number of aromatic amines is 1. The number of benzene rings is 1. The molecule has 27 heavy (non-hydrogen) atoms. The van der Waals surface area contributed by atoms with E-state index in [9.17, 15) is 4.79 Å². The number of hydrogen-bond donors (Lipinski definition) is 2. The van der Waals surface area contributed by atoms with Gasteiger partial charge in [-0.15, -0.1) is 0 Å². The number of carbonyl (C=O) groups excluding carboxylic acids is 1. The van der Waals surface area contributed by atoms with Gasteiger partial charge in [0.15, 0.2) is 10.9 Å². The number of nitrogens with one attached hydrogen (secondary N) is 2. The Morgan fingerprint density at radius 2 is 2.00 bits per heavy atom. The summed E-state index contributed by atoms with van der Waals surface area (Å²) in [7, 11) is 0. The van der Waals surface area contributed by atoms with Gasteiger partial charge < -0.3 is 29.4 Å². The number of hydrogen-bond acceptors (Lipinski definition) is 5. The number of rotatable bonds is 3. The molecule has 0 radical (unpaired) electrons. The molecule has 0 saturated carbocycles. The SMILES string of the molecule is CCOC(=O)c1[nH]c2ccccc2c1NC(=S)N1CCC2(CC1)OCCO2. The Labute approximate surface area is 162 Å². The number of fused-ring (bicyclic) bond motifs is 1. The second-order valence-electron chi connectivity index (χ2n) is 6.67. The van der Waals surface area contributed by atoms with Gasteiger partial charge in [-0.25, -0.2) is 4.79 Å². The quantitative estimate of drug-likeness (QED) is 0.617. The van der Waals surface area contributed by atoms with Gasteiger partial charge >= 0.3 is 5.97 Å². The number of aromatic nitrogens is 1. The molecule has 2 aromatic rings. The predicted molar refractivity (Wildman–Crippen MR) is 106 cm³/mol. The predicted octanol–water partition coefficient (Wildman–Crippen LogP) is 2.88. The van der Waals surface area contributed by atoms with Crippen LogP contribution < -0.4 is 5.32 Å². The molecule has 2 aliphatic heterocycles. The second kappa shape index (κ2) is 7.46. The van der Waals surface area contributed by atoms with Gasteiger partial charge in [0.25, 0.3) is 0 Å².